The highest BCUT2D eigenvalue weighted by Crippen LogP contribution is 2.44. The van der Waals surface area contributed by atoms with Gasteiger partial charge in [-0.05, 0) is 53.9 Å². The summed E-state index contributed by atoms with van der Waals surface area (Å²) in [4.78, 5) is 27.7. The molecule has 1 aliphatic rings. The van der Waals surface area contributed by atoms with E-state index in [1.54, 1.807) is 17.5 Å². The Labute approximate surface area is 174 Å². The monoisotopic (exact) mass is 427 g/mol. The number of methoxy groups -OCH3 is 1. The molecule has 1 N–H and O–H groups in total. The maximum Gasteiger partial charge on any atom is 0.300 e. The first kappa shape index (κ1) is 19.8. The van der Waals surface area contributed by atoms with Gasteiger partial charge in [0.25, 0.3) is 11.7 Å². The summed E-state index contributed by atoms with van der Waals surface area (Å²) in [5.74, 6) is -3.34. The molecule has 1 atom stereocenters. The van der Waals surface area contributed by atoms with Crippen molar-refractivity contribution in [3.8, 4) is 5.75 Å². The number of rotatable bonds is 4. The summed E-state index contributed by atoms with van der Waals surface area (Å²) in [5.41, 5.74) is 0.0500. The Balaban J connectivity index is 1.95. The molecule has 1 aromatic heterocycles. The number of nitrogens with zero attached hydrogens (tertiary/aromatic N) is 1. The number of ether oxygens (including phenoxy) is 1. The first-order valence-electron chi connectivity index (χ1n) is 8.86. The van der Waals surface area contributed by atoms with E-state index in [9.17, 15) is 23.5 Å². The third kappa shape index (κ3) is 3.25. The molecule has 30 heavy (non-hydrogen) atoms. The maximum absolute atomic E-state index is 13.9. The summed E-state index contributed by atoms with van der Waals surface area (Å²) < 4.78 is 32.5. The molecule has 1 saturated heterocycles. The molecule has 4 rings (SSSR count). The van der Waals surface area contributed by atoms with Gasteiger partial charge < -0.3 is 9.84 Å². The Morgan fingerprint density at radius 2 is 1.77 bits per heavy atom. The molecule has 1 unspecified atom stereocenters. The lowest BCUT2D eigenvalue weighted by Gasteiger charge is -2.24. The van der Waals surface area contributed by atoms with Crippen LogP contribution in [0, 0.1) is 11.6 Å². The fourth-order valence-electron chi connectivity index (χ4n) is 3.43. The standard InChI is InChI=1S/C22H15F2NO4S/c1-29-16-9-6-13(24)11-15(16)20(26)18-19(17-3-2-10-30-17)25(22(28)21(18)27)14-7-4-12(23)5-8-14/h2-11,19,26H,1H3/b20-18-. The minimum absolute atomic E-state index is 0.0452. The van der Waals surface area contributed by atoms with Crippen LogP contribution in [-0.2, 0) is 9.59 Å². The molecule has 2 heterocycles. The summed E-state index contributed by atoms with van der Waals surface area (Å²) in [6.07, 6.45) is 0. The van der Waals surface area contributed by atoms with Crippen LogP contribution in [0.2, 0.25) is 0 Å². The Kier molecular flexibility index (Phi) is 5.09. The lowest BCUT2D eigenvalue weighted by molar-refractivity contribution is -0.132. The van der Waals surface area contributed by atoms with E-state index in [4.69, 9.17) is 4.74 Å². The predicted molar refractivity (Wildman–Crippen MR) is 108 cm³/mol. The quantitative estimate of drug-likeness (QED) is 0.374. The largest absolute Gasteiger partial charge is 0.507 e. The molecule has 0 aliphatic carbocycles. The number of Topliss-reactive ketones (excluding diaryl/α,β-unsaturated/α-hetero) is 1. The third-order valence-electron chi connectivity index (χ3n) is 4.78. The van der Waals surface area contributed by atoms with Gasteiger partial charge in [0, 0.05) is 10.6 Å². The summed E-state index contributed by atoms with van der Waals surface area (Å²) in [7, 11) is 1.35. The van der Waals surface area contributed by atoms with E-state index in [-0.39, 0.29) is 16.9 Å². The number of anilines is 1. The minimum atomic E-state index is -0.955. The highest BCUT2D eigenvalue weighted by molar-refractivity contribution is 7.10. The summed E-state index contributed by atoms with van der Waals surface area (Å²) in [6.45, 7) is 0. The average molecular weight is 427 g/mol. The van der Waals surface area contributed by atoms with Gasteiger partial charge in [0.05, 0.1) is 18.2 Å². The number of hydrogen-bond donors (Lipinski definition) is 1. The SMILES string of the molecule is COc1ccc(F)cc1/C(O)=C1/C(=O)C(=O)N(c2ccc(F)cc2)C1c1cccs1. The first-order valence-corrected chi connectivity index (χ1v) is 9.74. The van der Waals surface area contributed by atoms with Gasteiger partial charge in [-0.15, -0.1) is 11.3 Å². The molecular weight excluding hydrogens is 412 g/mol. The number of amides is 1. The molecule has 0 saturated carbocycles. The molecule has 3 aromatic rings. The smallest absolute Gasteiger partial charge is 0.300 e. The van der Waals surface area contributed by atoms with E-state index in [1.807, 2.05) is 0 Å². The summed E-state index contributed by atoms with van der Waals surface area (Å²) in [5, 5.41) is 12.8. The van der Waals surface area contributed by atoms with Crippen molar-refractivity contribution < 1.29 is 28.2 Å². The van der Waals surface area contributed by atoms with Crippen LogP contribution in [0.4, 0.5) is 14.5 Å². The van der Waals surface area contributed by atoms with E-state index in [0.29, 0.717) is 10.6 Å². The Bertz CT molecular complexity index is 1160. The molecule has 2 aromatic carbocycles. The molecule has 0 spiro atoms. The zero-order valence-corrected chi connectivity index (χ0v) is 16.5. The highest BCUT2D eigenvalue weighted by Gasteiger charge is 2.47. The molecule has 1 amide bonds. The van der Waals surface area contributed by atoms with E-state index in [0.717, 1.165) is 12.1 Å². The normalized spacial score (nSPS) is 18.1. The van der Waals surface area contributed by atoms with Crippen LogP contribution in [0.5, 0.6) is 5.75 Å². The minimum Gasteiger partial charge on any atom is -0.507 e. The van der Waals surface area contributed by atoms with Crippen LogP contribution in [0.15, 0.2) is 65.6 Å². The summed E-state index contributed by atoms with van der Waals surface area (Å²) in [6, 6.07) is 11.1. The number of halogens is 2. The van der Waals surface area contributed by atoms with Gasteiger partial charge in [0.15, 0.2) is 0 Å². The van der Waals surface area contributed by atoms with Crippen molar-refractivity contribution in [1.29, 1.82) is 0 Å². The van der Waals surface area contributed by atoms with Crippen molar-refractivity contribution in [2.45, 2.75) is 6.04 Å². The van der Waals surface area contributed by atoms with E-state index in [1.165, 1.54) is 53.7 Å². The second kappa shape index (κ2) is 7.72. The van der Waals surface area contributed by atoms with Crippen molar-refractivity contribution in [3.05, 3.63) is 87.6 Å². The molecule has 5 nitrogen and oxygen atoms in total. The van der Waals surface area contributed by atoms with Gasteiger partial charge >= 0.3 is 0 Å². The number of aliphatic hydroxyl groups excluding tert-OH is 1. The van der Waals surface area contributed by atoms with Gasteiger partial charge in [-0.2, -0.15) is 0 Å². The van der Waals surface area contributed by atoms with E-state index in [2.05, 4.69) is 0 Å². The second-order valence-electron chi connectivity index (χ2n) is 6.51. The third-order valence-corrected chi connectivity index (χ3v) is 5.70. The number of aliphatic hydroxyl groups is 1. The maximum atomic E-state index is 13.9. The van der Waals surface area contributed by atoms with Crippen LogP contribution in [0.25, 0.3) is 5.76 Å². The molecular formula is C22H15F2NO4S. The number of ketones is 1. The summed E-state index contributed by atoms with van der Waals surface area (Å²) >= 11 is 1.28. The molecule has 0 bridgehead atoms. The van der Waals surface area contributed by atoms with Crippen molar-refractivity contribution in [2.75, 3.05) is 12.0 Å². The highest BCUT2D eigenvalue weighted by atomic mass is 32.1. The lowest BCUT2D eigenvalue weighted by atomic mass is 9.99. The number of benzene rings is 2. The van der Waals surface area contributed by atoms with Crippen LogP contribution in [0.1, 0.15) is 16.5 Å². The van der Waals surface area contributed by atoms with Crippen molar-refractivity contribution in [3.63, 3.8) is 0 Å². The van der Waals surface area contributed by atoms with Gasteiger partial charge in [-0.1, -0.05) is 6.07 Å². The second-order valence-corrected chi connectivity index (χ2v) is 7.48. The zero-order chi connectivity index (χ0) is 21.4. The van der Waals surface area contributed by atoms with Gasteiger partial charge in [-0.25, -0.2) is 8.78 Å². The molecule has 1 aliphatic heterocycles. The van der Waals surface area contributed by atoms with Gasteiger partial charge in [0.1, 0.15) is 29.2 Å². The number of thiophene rings is 1. The molecule has 8 heteroatoms. The van der Waals surface area contributed by atoms with Gasteiger partial charge in [-0.3, -0.25) is 14.5 Å². The van der Waals surface area contributed by atoms with Crippen LogP contribution >= 0.6 is 11.3 Å². The van der Waals surface area contributed by atoms with Crippen molar-refractivity contribution in [2.24, 2.45) is 0 Å². The Hall–Kier alpha value is -3.52. The Morgan fingerprint density at radius 3 is 2.40 bits per heavy atom. The average Bonchev–Trinajstić information content (AvgIpc) is 3.35. The molecule has 152 valence electrons. The fourth-order valence-corrected chi connectivity index (χ4v) is 4.25. The van der Waals surface area contributed by atoms with Crippen LogP contribution in [0.3, 0.4) is 0 Å². The van der Waals surface area contributed by atoms with E-state index >= 15 is 0 Å². The topological polar surface area (TPSA) is 66.8 Å². The fraction of sp³-hybridized carbons (Fsp3) is 0.0909. The number of carbonyl (C=O) groups is 2. The van der Waals surface area contributed by atoms with Crippen molar-refractivity contribution >= 4 is 34.5 Å². The van der Waals surface area contributed by atoms with Crippen LogP contribution in [-0.4, -0.2) is 23.9 Å². The first-order chi connectivity index (χ1) is 14.4. The number of carbonyl (C=O) groups excluding carboxylic acids is 2. The number of hydrogen-bond acceptors (Lipinski definition) is 5. The van der Waals surface area contributed by atoms with Crippen molar-refractivity contribution in [1.82, 2.24) is 0 Å². The predicted octanol–water partition coefficient (Wildman–Crippen LogP) is 4.66. The molecule has 1 fully saturated rings. The molecule has 0 radical (unpaired) electrons. The lowest BCUT2D eigenvalue weighted by Crippen LogP contribution is -2.29. The van der Waals surface area contributed by atoms with Gasteiger partial charge in [0.2, 0.25) is 0 Å². The van der Waals surface area contributed by atoms with Crippen LogP contribution < -0.4 is 9.64 Å². The Morgan fingerprint density at radius 1 is 1.07 bits per heavy atom. The van der Waals surface area contributed by atoms with E-state index < -0.39 is 35.1 Å². The zero-order valence-electron chi connectivity index (χ0n) is 15.6.